The van der Waals surface area contributed by atoms with Crippen molar-refractivity contribution in [2.75, 3.05) is 5.32 Å². The first-order chi connectivity index (χ1) is 15.1. The molecule has 168 valence electrons. The molecule has 1 aliphatic carbocycles. The molecule has 3 amide bonds. The van der Waals surface area contributed by atoms with Crippen molar-refractivity contribution in [3.63, 3.8) is 0 Å². The molecule has 3 heterocycles. The summed E-state index contributed by atoms with van der Waals surface area (Å²) in [7, 11) is 0. The lowest BCUT2D eigenvalue weighted by atomic mass is 9.89. The van der Waals surface area contributed by atoms with Crippen molar-refractivity contribution < 1.29 is 14.4 Å². The predicted molar refractivity (Wildman–Crippen MR) is 122 cm³/mol. The van der Waals surface area contributed by atoms with Crippen LogP contribution < -0.4 is 16.4 Å². The van der Waals surface area contributed by atoms with Crippen molar-refractivity contribution >= 4 is 23.5 Å². The Morgan fingerprint density at radius 3 is 2.72 bits per heavy atom. The fourth-order valence-corrected chi connectivity index (χ4v) is 4.71. The fraction of sp³-hybridized carbons (Fsp3) is 0.417. The van der Waals surface area contributed by atoms with E-state index in [1.54, 1.807) is 6.20 Å². The van der Waals surface area contributed by atoms with Crippen LogP contribution in [-0.4, -0.2) is 27.3 Å². The van der Waals surface area contributed by atoms with Crippen molar-refractivity contribution in [1.29, 1.82) is 0 Å². The summed E-state index contributed by atoms with van der Waals surface area (Å²) in [5.74, 6) is -0.468. The van der Waals surface area contributed by atoms with Crippen molar-refractivity contribution in [3.05, 3.63) is 47.6 Å². The fourth-order valence-electron chi connectivity index (χ4n) is 4.71. The van der Waals surface area contributed by atoms with E-state index in [4.69, 9.17) is 5.73 Å². The van der Waals surface area contributed by atoms with Crippen molar-refractivity contribution in [1.82, 2.24) is 14.9 Å². The number of nitrogens with two attached hydrogens (primary N) is 1. The molecule has 8 heteroatoms. The van der Waals surface area contributed by atoms with E-state index < -0.39 is 5.91 Å². The van der Waals surface area contributed by atoms with Crippen LogP contribution in [0.4, 0.5) is 5.82 Å². The lowest BCUT2D eigenvalue weighted by Gasteiger charge is -2.22. The van der Waals surface area contributed by atoms with Gasteiger partial charge in [-0.2, -0.15) is 0 Å². The molecule has 2 aromatic rings. The Kier molecular flexibility index (Phi) is 5.62. The third kappa shape index (κ3) is 4.44. The first-order valence-corrected chi connectivity index (χ1v) is 10.9. The van der Waals surface area contributed by atoms with Gasteiger partial charge in [0.05, 0.1) is 0 Å². The summed E-state index contributed by atoms with van der Waals surface area (Å²) in [6.45, 7) is 6.53. The molecule has 4 N–H and O–H groups in total. The minimum absolute atomic E-state index is 0.0414. The van der Waals surface area contributed by atoms with E-state index in [0.29, 0.717) is 17.9 Å². The third-order valence-corrected chi connectivity index (χ3v) is 6.09. The topological polar surface area (TPSA) is 119 Å². The number of carbonyl (C=O) groups excluding carboxylic acids is 3. The van der Waals surface area contributed by atoms with E-state index in [2.05, 4.69) is 29.5 Å². The van der Waals surface area contributed by atoms with Gasteiger partial charge < -0.3 is 20.9 Å². The van der Waals surface area contributed by atoms with Crippen molar-refractivity contribution in [2.24, 2.45) is 17.1 Å². The number of fused-ring (bicyclic) bond motifs is 1. The number of aromatic nitrogens is 2. The molecular formula is C24H29N5O3. The molecule has 1 atom stereocenters. The number of primary amides is 1. The van der Waals surface area contributed by atoms with E-state index in [-0.39, 0.29) is 23.1 Å². The Hall–Kier alpha value is -3.42. The number of hydrogen-bond acceptors (Lipinski definition) is 4. The highest BCUT2D eigenvalue weighted by Crippen LogP contribution is 2.40. The standard InChI is InChI=1S/C24H29N5O3/c1-14(30)27-17-6-4-5-16(9-17)23(32)28-21-10-15(7-8-26-21)18-11-19(22(25)31)29-13-24(2,3)12-20(18)29/h6-8,10-11,16H,4-5,9,12-13H2,1-3H3,(H2,25,31)(H,27,30)(H,26,28,32)/t16-/m0/s1. The number of pyridine rings is 1. The second-order valence-corrected chi connectivity index (χ2v) is 9.49. The minimum Gasteiger partial charge on any atom is -0.364 e. The number of amides is 3. The number of rotatable bonds is 5. The largest absolute Gasteiger partial charge is 0.364 e. The number of carbonyl (C=O) groups is 3. The molecule has 0 saturated carbocycles. The molecule has 2 aromatic heterocycles. The molecule has 32 heavy (non-hydrogen) atoms. The van der Waals surface area contributed by atoms with Crippen LogP contribution in [0.2, 0.25) is 0 Å². The maximum atomic E-state index is 12.9. The molecular weight excluding hydrogens is 406 g/mol. The summed E-state index contributed by atoms with van der Waals surface area (Å²) < 4.78 is 2.01. The van der Waals surface area contributed by atoms with Gasteiger partial charge in [0.1, 0.15) is 11.5 Å². The summed E-state index contributed by atoms with van der Waals surface area (Å²) in [6.07, 6.45) is 6.41. The Labute approximate surface area is 187 Å². The molecule has 0 saturated heterocycles. The van der Waals surface area contributed by atoms with Gasteiger partial charge in [-0.3, -0.25) is 14.4 Å². The maximum absolute atomic E-state index is 12.9. The van der Waals surface area contributed by atoms with Crippen LogP contribution >= 0.6 is 0 Å². The Bertz CT molecular complexity index is 1130. The van der Waals surface area contributed by atoms with Crippen LogP contribution in [0.5, 0.6) is 0 Å². The van der Waals surface area contributed by atoms with Crippen molar-refractivity contribution in [3.8, 4) is 11.1 Å². The molecule has 0 unspecified atom stereocenters. The first-order valence-electron chi connectivity index (χ1n) is 10.9. The number of allylic oxidation sites excluding steroid dienone is 2. The van der Waals surface area contributed by atoms with Gasteiger partial charge >= 0.3 is 0 Å². The van der Waals surface area contributed by atoms with Gasteiger partial charge in [-0.1, -0.05) is 19.9 Å². The summed E-state index contributed by atoms with van der Waals surface area (Å²) >= 11 is 0. The normalized spacial score (nSPS) is 19.1. The van der Waals surface area contributed by atoms with E-state index in [9.17, 15) is 14.4 Å². The summed E-state index contributed by atoms with van der Waals surface area (Å²) in [5, 5.41) is 5.71. The predicted octanol–water partition coefficient (Wildman–Crippen LogP) is 2.99. The maximum Gasteiger partial charge on any atom is 0.265 e. The number of nitrogens with zero attached hydrogens (tertiary/aromatic N) is 2. The molecule has 0 spiro atoms. The number of nitrogens with one attached hydrogen (secondary N) is 2. The summed E-state index contributed by atoms with van der Waals surface area (Å²) in [4.78, 5) is 40.5. The average molecular weight is 436 g/mol. The summed E-state index contributed by atoms with van der Waals surface area (Å²) in [5.41, 5.74) is 9.85. The second kappa shape index (κ2) is 8.26. The minimum atomic E-state index is -0.446. The monoisotopic (exact) mass is 435 g/mol. The zero-order valence-corrected chi connectivity index (χ0v) is 18.7. The van der Waals surface area contributed by atoms with Gasteiger partial charge in [0.2, 0.25) is 11.8 Å². The average Bonchev–Trinajstić information content (AvgIpc) is 3.20. The SMILES string of the molecule is CC(=O)NC1=CCC[C@H](C(=O)Nc2cc(-c3cc(C(N)=O)n4c3CC(C)(C)C4)ccn2)C1. The van der Waals surface area contributed by atoms with Crippen LogP contribution in [0, 0.1) is 11.3 Å². The molecule has 0 aromatic carbocycles. The Balaban J connectivity index is 1.55. The van der Waals surface area contributed by atoms with Gasteiger partial charge in [-0.25, -0.2) is 4.98 Å². The van der Waals surface area contributed by atoms with Crippen LogP contribution in [0.15, 0.2) is 36.2 Å². The Morgan fingerprint density at radius 1 is 1.22 bits per heavy atom. The van der Waals surface area contributed by atoms with Gasteiger partial charge in [0.15, 0.2) is 0 Å². The number of anilines is 1. The first kappa shape index (κ1) is 21.8. The molecule has 2 aliphatic rings. The molecule has 4 rings (SSSR count). The van der Waals surface area contributed by atoms with Crippen molar-refractivity contribution in [2.45, 2.75) is 53.0 Å². The van der Waals surface area contributed by atoms with Gasteiger partial charge in [-0.15, -0.1) is 0 Å². The molecule has 0 radical (unpaired) electrons. The Morgan fingerprint density at radius 2 is 2.00 bits per heavy atom. The van der Waals surface area contributed by atoms with Gasteiger partial charge in [0.25, 0.3) is 5.91 Å². The van der Waals surface area contributed by atoms with Crippen LogP contribution in [0.25, 0.3) is 11.1 Å². The van der Waals surface area contributed by atoms with E-state index in [0.717, 1.165) is 48.3 Å². The van der Waals surface area contributed by atoms with Crippen LogP contribution in [-0.2, 0) is 22.6 Å². The zero-order valence-electron chi connectivity index (χ0n) is 18.7. The highest BCUT2D eigenvalue weighted by atomic mass is 16.2. The zero-order chi connectivity index (χ0) is 23.0. The second-order valence-electron chi connectivity index (χ2n) is 9.49. The van der Waals surface area contributed by atoms with Gasteiger partial charge in [0, 0.05) is 42.5 Å². The van der Waals surface area contributed by atoms with E-state index in [1.807, 2.05) is 28.8 Å². The summed E-state index contributed by atoms with van der Waals surface area (Å²) in [6, 6.07) is 5.54. The highest BCUT2D eigenvalue weighted by molar-refractivity contribution is 5.95. The van der Waals surface area contributed by atoms with Crippen LogP contribution in [0.3, 0.4) is 0 Å². The lowest BCUT2D eigenvalue weighted by Crippen LogP contribution is -2.29. The van der Waals surface area contributed by atoms with Crippen LogP contribution in [0.1, 0.15) is 56.2 Å². The van der Waals surface area contributed by atoms with E-state index >= 15 is 0 Å². The smallest absolute Gasteiger partial charge is 0.265 e. The molecule has 1 aliphatic heterocycles. The molecule has 0 bridgehead atoms. The molecule has 8 nitrogen and oxygen atoms in total. The van der Waals surface area contributed by atoms with E-state index in [1.165, 1.54) is 6.92 Å². The third-order valence-electron chi connectivity index (χ3n) is 6.09. The molecule has 0 fully saturated rings. The van der Waals surface area contributed by atoms with Gasteiger partial charge in [-0.05, 0) is 54.9 Å². The highest BCUT2D eigenvalue weighted by Gasteiger charge is 2.34. The lowest BCUT2D eigenvalue weighted by molar-refractivity contribution is -0.121. The number of hydrogen-bond donors (Lipinski definition) is 3. The quantitative estimate of drug-likeness (QED) is 0.669.